The molecule has 1 aliphatic heterocycles. The van der Waals surface area contributed by atoms with E-state index >= 15 is 0 Å². The summed E-state index contributed by atoms with van der Waals surface area (Å²) >= 11 is 0. The molecular formula is C14H20F2N2O2S. The molecule has 0 aromatic heterocycles. The van der Waals surface area contributed by atoms with Gasteiger partial charge in [0.05, 0.1) is 0 Å². The van der Waals surface area contributed by atoms with Crippen molar-refractivity contribution >= 4 is 10.0 Å². The largest absolute Gasteiger partial charge is 0.319 e. The number of piperidine rings is 1. The lowest BCUT2D eigenvalue weighted by Crippen LogP contribution is -2.40. The van der Waals surface area contributed by atoms with Gasteiger partial charge in [0.15, 0.2) is 0 Å². The third kappa shape index (κ3) is 3.41. The van der Waals surface area contributed by atoms with Crippen LogP contribution in [0, 0.1) is 24.5 Å². The van der Waals surface area contributed by atoms with Crippen LogP contribution in [-0.4, -0.2) is 39.4 Å². The van der Waals surface area contributed by atoms with Crippen LogP contribution in [0.5, 0.6) is 0 Å². The molecule has 1 aromatic carbocycles. The van der Waals surface area contributed by atoms with Gasteiger partial charge in [-0.15, -0.1) is 0 Å². The van der Waals surface area contributed by atoms with Crippen LogP contribution in [0.3, 0.4) is 0 Å². The maximum atomic E-state index is 13.8. The molecule has 4 nitrogen and oxygen atoms in total. The average Bonchev–Trinajstić information content (AvgIpc) is 2.43. The van der Waals surface area contributed by atoms with Gasteiger partial charge in [0.2, 0.25) is 10.0 Å². The van der Waals surface area contributed by atoms with Crippen LogP contribution in [-0.2, 0) is 10.0 Å². The van der Waals surface area contributed by atoms with E-state index in [9.17, 15) is 17.2 Å². The van der Waals surface area contributed by atoms with E-state index in [1.807, 2.05) is 7.05 Å². The summed E-state index contributed by atoms with van der Waals surface area (Å²) in [5, 5.41) is 3.08. The monoisotopic (exact) mass is 318 g/mol. The molecule has 1 aliphatic rings. The van der Waals surface area contributed by atoms with Gasteiger partial charge in [-0.05, 0) is 50.9 Å². The van der Waals surface area contributed by atoms with Crippen LogP contribution >= 0.6 is 0 Å². The van der Waals surface area contributed by atoms with Gasteiger partial charge in [0.25, 0.3) is 0 Å². The van der Waals surface area contributed by atoms with Crippen molar-refractivity contribution in [1.29, 1.82) is 0 Å². The molecule has 0 atom stereocenters. The number of halogens is 2. The summed E-state index contributed by atoms with van der Waals surface area (Å²) in [6.07, 6.45) is 1.48. The summed E-state index contributed by atoms with van der Waals surface area (Å²) in [4.78, 5) is -0.437. The maximum Gasteiger partial charge on any atom is 0.245 e. The molecule has 21 heavy (non-hydrogen) atoms. The van der Waals surface area contributed by atoms with Crippen LogP contribution in [0.15, 0.2) is 17.0 Å². The zero-order chi connectivity index (χ0) is 15.6. The minimum absolute atomic E-state index is 0.125. The van der Waals surface area contributed by atoms with Gasteiger partial charge in [-0.3, -0.25) is 0 Å². The fraction of sp³-hybridized carbons (Fsp3) is 0.571. The van der Waals surface area contributed by atoms with Gasteiger partial charge in [-0.1, -0.05) is 0 Å². The van der Waals surface area contributed by atoms with E-state index in [1.165, 1.54) is 11.2 Å². The van der Waals surface area contributed by atoms with Gasteiger partial charge in [-0.25, -0.2) is 17.2 Å². The molecule has 0 radical (unpaired) electrons. The number of benzene rings is 1. The molecular weight excluding hydrogens is 298 g/mol. The molecule has 1 aromatic rings. The Bertz CT molecular complexity index is 612. The number of sulfonamides is 1. The maximum absolute atomic E-state index is 13.8. The zero-order valence-electron chi connectivity index (χ0n) is 12.2. The van der Waals surface area contributed by atoms with Crippen molar-refractivity contribution in [2.75, 3.05) is 26.7 Å². The minimum atomic E-state index is -3.90. The van der Waals surface area contributed by atoms with Gasteiger partial charge in [0, 0.05) is 19.2 Å². The molecule has 1 N–H and O–H groups in total. The predicted molar refractivity (Wildman–Crippen MR) is 76.5 cm³/mol. The van der Waals surface area contributed by atoms with Crippen molar-refractivity contribution in [2.24, 2.45) is 5.92 Å². The summed E-state index contributed by atoms with van der Waals surface area (Å²) in [5.74, 6) is -1.34. The van der Waals surface area contributed by atoms with Gasteiger partial charge in [0.1, 0.15) is 16.5 Å². The first-order chi connectivity index (χ1) is 9.86. The number of nitrogens with zero attached hydrogens (tertiary/aromatic N) is 1. The average molecular weight is 318 g/mol. The Kier molecular flexibility index (Phi) is 4.95. The Labute approximate surface area is 124 Å². The van der Waals surface area contributed by atoms with Gasteiger partial charge < -0.3 is 5.32 Å². The number of nitrogens with one attached hydrogen (secondary N) is 1. The van der Waals surface area contributed by atoms with Gasteiger partial charge in [-0.2, -0.15) is 4.31 Å². The van der Waals surface area contributed by atoms with Gasteiger partial charge >= 0.3 is 0 Å². The van der Waals surface area contributed by atoms with Crippen molar-refractivity contribution < 1.29 is 17.2 Å². The van der Waals surface area contributed by atoms with Crippen LogP contribution < -0.4 is 5.32 Å². The van der Waals surface area contributed by atoms with Crippen molar-refractivity contribution in [3.63, 3.8) is 0 Å². The highest BCUT2D eigenvalue weighted by atomic mass is 32.2. The number of aryl methyl sites for hydroxylation is 1. The Morgan fingerprint density at radius 2 is 1.86 bits per heavy atom. The smallest absolute Gasteiger partial charge is 0.245 e. The number of hydrogen-bond donors (Lipinski definition) is 1. The molecule has 1 heterocycles. The Morgan fingerprint density at radius 3 is 2.43 bits per heavy atom. The third-order valence-electron chi connectivity index (χ3n) is 3.90. The number of hydrogen-bond acceptors (Lipinski definition) is 3. The molecule has 118 valence electrons. The first kappa shape index (κ1) is 16.3. The lowest BCUT2D eigenvalue weighted by molar-refractivity contribution is 0.270. The van der Waals surface area contributed by atoms with Crippen LogP contribution in [0.2, 0.25) is 0 Å². The van der Waals surface area contributed by atoms with E-state index in [0.717, 1.165) is 25.5 Å². The second kappa shape index (κ2) is 6.37. The van der Waals surface area contributed by atoms with Crippen molar-refractivity contribution in [2.45, 2.75) is 24.7 Å². The van der Waals surface area contributed by atoms with E-state index < -0.39 is 26.6 Å². The lowest BCUT2D eigenvalue weighted by Gasteiger charge is -2.31. The van der Waals surface area contributed by atoms with Crippen molar-refractivity contribution in [3.8, 4) is 0 Å². The third-order valence-corrected chi connectivity index (χ3v) is 5.81. The molecule has 0 unspecified atom stereocenters. The Hall–Kier alpha value is -1.05. The van der Waals surface area contributed by atoms with Crippen LogP contribution in [0.4, 0.5) is 8.78 Å². The number of rotatable bonds is 4. The molecule has 7 heteroatoms. The topological polar surface area (TPSA) is 49.4 Å². The summed E-state index contributed by atoms with van der Waals surface area (Å²) in [5.41, 5.74) is 0.125. The van der Waals surface area contributed by atoms with E-state index in [1.54, 1.807) is 0 Å². The quantitative estimate of drug-likeness (QED) is 0.922. The molecule has 2 rings (SSSR count). The first-order valence-corrected chi connectivity index (χ1v) is 8.40. The summed E-state index contributed by atoms with van der Waals surface area (Å²) < 4.78 is 53.3. The fourth-order valence-electron chi connectivity index (χ4n) is 2.61. The zero-order valence-corrected chi connectivity index (χ0v) is 13.0. The van der Waals surface area contributed by atoms with Crippen molar-refractivity contribution in [1.82, 2.24) is 9.62 Å². The highest BCUT2D eigenvalue weighted by Gasteiger charge is 2.31. The molecule has 0 amide bonds. The first-order valence-electron chi connectivity index (χ1n) is 6.96. The highest BCUT2D eigenvalue weighted by molar-refractivity contribution is 7.89. The van der Waals surface area contributed by atoms with Crippen LogP contribution in [0.25, 0.3) is 0 Å². The Morgan fingerprint density at radius 1 is 1.24 bits per heavy atom. The fourth-order valence-corrected chi connectivity index (χ4v) is 4.21. The van der Waals surface area contributed by atoms with Crippen LogP contribution in [0.1, 0.15) is 18.4 Å². The van der Waals surface area contributed by atoms with E-state index in [2.05, 4.69) is 5.32 Å². The highest BCUT2D eigenvalue weighted by Crippen LogP contribution is 2.26. The van der Waals surface area contributed by atoms with E-state index in [4.69, 9.17) is 0 Å². The second-order valence-corrected chi connectivity index (χ2v) is 7.34. The van der Waals surface area contributed by atoms with E-state index in [0.29, 0.717) is 25.1 Å². The minimum Gasteiger partial charge on any atom is -0.319 e. The molecule has 0 spiro atoms. The summed E-state index contributed by atoms with van der Waals surface area (Å²) in [6, 6.07) is 1.70. The predicted octanol–water partition coefficient (Wildman–Crippen LogP) is 1.89. The van der Waals surface area contributed by atoms with Crippen molar-refractivity contribution in [3.05, 3.63) is 29.3 Å². The molecule has 1 saturated heterocycles. The molecule has 0 bridgehead atoms. The standard InChI is InChI=1S/C14H20F2N2O2S/c1-10-7-14(13(16)8-12(10)15)21(19,20)18-5-3-11(4-6-18)9-17-2/h7-8,11,17H,3-6,9H2,1-2H3. The molecule has 1 fully saturated rings. The summed E-state index contributed by atoms with van der Waals surface area (Å²) in [7, 11) is -2.04. The normalized spacial score (nSPS) is 18.1. The summed E-state index contributed by atoms with van der Waals surface area (Å²) in [6.45, 7) is 3.00. The Balaban J connectivity index is 2.22. The molecule has 0 saturated carbocycles. The van der Waals surface area contributed by atoms with E-state index in [-0.39, 0.29) is 5.56 Å². The second-order valence-electron chi connectivity index (χ2n) is 5.44. The SMILES string of the molecule is CNCC1CCN(S(=O)(=O)c2cc(C)c(F)cc2F)CC1. The lowest BCUT2D eigenvalue weighted by atomic mass is 9.98. The molecule has 0 aliphatic carbocycles.